The Labute approximate surface area is 149 Å². The highest BCUT2D eigenvalue weighted by Crippen LogP contribution is 2.25. The maximum absolute atomic E-state index is 12.5. The smallest absolute Gasteiger partial charge is 0.267 e. The first-order valence-corrected chi connectivity index (χ1v) is 9.72. The van der Waals surface area contributed by atoms with E-state index in [4.69, 9.17) is 0 Å². The van der Waals surface area contributed by atoms with E-state index >= 15 is 0 Å². The van der Waals surface area contributed by atoms with Gasteiger partial charge in [0.05, 0.1) is 27.5 Å². The zero-order valence-electron chi connectivity index (χ0n) is 13.3. The van der Waals surface area contributed by atoms with Gasteiger partial charge in [0.15, 0.2) is 0 Å². The standard InChI is InChI=1S/C17H15N3O3S2/c1-12-16(24-11-18-12)17(21)19-14-9-5-6-10-15(14)20-25(22,23)13-7-3-2-4-8-13/h2-11,20H,1H3,(H,19,21). The number of carbonyl (C=O) groups is 1. The molecule has 3 rings (SSSR count). The number of nitrogens with one attached hydrogen (secondary N) is 2. The predicted octanol–water partition coefficient (Wildman–Crippen LogP) is 3.50. The van der Waals surface area contributed by atoms with Crippen molar-refractivity contribution in [1.29, 1.82) is 0 Å². The Balaban J connectivity index is 1.87. The van der Waals surface area contributed by atoms with E-state index in [2.05, 4.69) is 15.0 Å². The van der Waals surface area contributed by atoms with Gasteiger partial charge in [0, 0.05) is 0 Å². The molecule has 0 saturated heterocycles. The molecule has 0 atom stereocenters. The van der Waals surface area contributed by atoms with Crippen molar-refractivity contribution >= 4 is 38.6 Å². The predicted molar refractivity (Wildman–Crippen MR) is 98.5 cm³/mol. The van der Waals surface area contributed by atoms with Crippen molar-refractivity contribution < 1.29 is 13.2 Å². The second-order valence-corrected chi connectivity index (χ2v) is 7.72. The highest BCUT2D eigenvalue weighted by molar-refractivity contribution is 7.92. The molecule has 1 amide bonds. The molecule has 6 nitrogen and oxygen atoms in total. The van der Waals surface area contributed by atoms with Gasteiger partial charge in [0.1, 0.15) is 4.88 Å². The largest absolute Gasteiger partial charge is 0.319 e. The summed E-state index contributed by atoms with van der Waals surface area (Å²) in [5.41, 5.74) is 2.89. The quantitative estimate of drug-likeness (QED) is 0.716. The number of thiazole rings is 1. The van der Waals surface area contributed by atoms with Crippen LogP contribution in [0.25, 0.3) is 0 Å². The molecule has 3 aromatic rings. The normalized spacial score (nSPS) is 11.1. The number of para-hydroxylation sites is 2. The molecule has 1 aromatic heterocycles. The lowest BCUT2D eigenvalue weighted by Crippen LogP contribution is -2.17. The number of sulfonamides is 1. The number of benzene rings is 2. The number of hydrogen-bond acceptors (Lipinski definition) is 5. The van der Waals surface area contributed by atoms with E-state index in [1.165, 1.54) is 23.5 Å². The van der Waals surface area contributed by atoms with Crippen LogP contribution in [0.15, 0.2) is 65.0 Å². The van der Waals surface area contributed by atoms with Crippen LogP contribution < -0.4 is 10.0 Å². The van der Waals surface area contributed by atoms with Gasteiger partial charge in [0.25, 0.3) is 15.9 Å². The summed E-state index contributed by atoms with van der Waals surface area (Å²) in [4.78, 5) is 17.0. The number of amides is 1. The summed E-state index contributed by atoms with van der Waals surface area (Å²) in [6.07, 6.45) is 0. The summed E-state index contributed by atoms with van der Waals surface area (Å²) in [5, 5.41) is 2.73. The SMILES string of the molecule is Cc1ncsc1C(=O)Nc1ccccc1NS(=O)(=O)c1ccccc1. The molecule has 128 valence electrons. The van der Waals surface area contributed by atoms with E-state index in [0.717, 1.165) is 0 Å². The monoisotopic (exact) mass is 373 g/mol. The van der Waals surface area contributed by atoms with Gasteiger partial charge < -0.3 is 5.32 Å². The van der Waals surface area contributed by atoms with Crippen molar-refractivity contribution in [3.63, 3.8) is 0 Å². The summed E-state index contributed by atoms with van der Waals surface area (Å²) in [6, 6.07) is 14.7. The van der Waals surface area contributed by atoms with Crippen LogP contribution in [0.2, 0.25) is 0 Å². The van der Waals surface area contributed by atoms with E-state index < -0.39 is 10.0 Å². The Hall–Kier alpha value is -2.71. The fourth-order valence-electron chi connectivity index (χ4n) is 2.18. The maximum atomic E-state index is 12.5. The van der Waals surface area contributed by atoms with Gasteiger partial charge in [0.2, 0.25) is 0 Å². The van der Waals surface area contributed by atoms with Crippen molar-refractivity contribution in [3.05, 3.63) is 70.7 Å². The van der Waals surface area contributed by atoms with Crippen LogP contribution in [0.3, 0.4) is 0 Å². The van der Waals surface area contributed by atoms with E-state index in [1.807, 2.05) is 0 Å². The lowest BCUT2D eigenvalue weighted by molar-refractivity contribution is 0.103. The molecule has 0 aliphatic heterocycles. The summed E-state index contributed by atoms with van der Waals surface area (Å²) >= 11 is 1.23. The number of rotatable bonds is 5. The summed E-state index contributed by atoms with van der Waals surface area (Å²) in [6.45, 7) is 1.75. The van der Waals surface area contributed by atoms with Gasteiger partial charge in [-0.1, -0.05) is 30.3 Å². The molecular formula is C17H15N3O3S2. The highest BCUT2D eigenvalue weighted by Gasteiger charge is 2.18. The first-order chi connectivity index (χ1) is 12.0. The zero-order valence-corrected chi connectivity index (χ0v) is 14.9. The minimum atomic E-state index is -3.74. The molecule has 1 heterocycles. The van der Waals surface area contributed by atoms with Crippen molar-refractivity contribution in [2.45, 2.75) is 11.8 Å². The average molecular weight is 373 g/mol. The molecule has 2 aromatic carbocycles. The van der Waals surface area contributed by atoms with Crippen molar-refractivity contribution in [2.75, 3.05) is 10.0 Å². The number of anilines is 2. The molecule has 2 N–H and O–H groups in total. The van der Waals surface area contributed by atoms with Crippen molar-refractivity contribution in [2.24, 2.45) is 0 Å². The third kappa shape index (κ3) is 3.86. The second-order valence-electron chi connectivity index (χ2n) is 5.19. The fraction of sp³-hybridized carbons (Fsp3) is 0.0588. The van der Waals surface area contributed by atoms with Gasteiger partial charge in [-0.05, 0) is 31.2 Å². The molecular weight excluding hydrogens is 358 g/mol. The Bertz CT molecular complexity index is 999. The molecule has 0 bridgehead atoms. The molecule has 0 fully saturated rings. The third-order valence-electron chi connectivity index (χ3n) is 3.42. The number of aromatic nitrogens is 1. The minimum absolute atomic E-state index is 0.148. The summed E-state index contributed by atoms with van der Waals surface area (Å²) < 4.78 is 27.5. The average Bonchev–Trinajstić information content (AvgIpc) is 3.03. The van der Waals surface area contributed by atoms with Gasteiger partial charge >= 0.3 is 0 Å². The molecule has 0 saturated carbocycles. The van der Waals surface area contributed by atoms with Crippen molar-refractivity contribution in [3.8, 4) is 0 Å². The van der Waals surface area contributed by atoms with E-state index in [9.17, 15) is 13.2 Å². The first kappa shape index (κ1) is 17.1. The van der Waals surface area contributed by atoms with Crippen LogP contribution in [0.4, 0.5) is 11.4 Å². The number of aryl methyl sites for hydroxylation is 1. The molecule has 0 unspecified atom stereocenters. The Morgan fingerprint density at radius 1 is 1.00 bits per heavy atom. The van der Waals surface area contributed by atoms with Gasteiger partial charge in [-0.25, -0.2) is 13.4 Å². The third-order valence-corrected chi connectivity index (χ3v) is 5.73. The van der Waals surface area contributed by atoms with Crippen LogP contribution in [0.1, 0.15) is 15.4 Å². The van der Waals surface area contributed by atoms with Crippen LogP contribution in [-0.2, 0) is 10.0 Å². The van der Waals surface area contributed by atoms with Crippen LogP contribution in [-0.4, -0.2) is 19.3 Å². The second kappa shape index (κ2) is 7.04. The van der Waals surface area contributed by atoms with Gasteiger partial charge in [-0.2, -0.15) is 0 Å². The lowest BCUT2D eigenvalue weighted by atomic mass is 10.2. The molecule has 0 radical (unpaired) electrons. The molecule has 0 spiro atoms. The van der Waals surface area contributed by atoms with E-state index in [-0.39, 0.29) is 10.8 Å². The Kier molecular flexibility index (Phi) is 4.82. The number of carbonyl (C=O) groups excluding carboxylic acids is 1. The van der Waals surface area contributed by atoms with Crippen molar-refractivity contribution in [1.82, 2.24) is 4.98 Å². The topological polar surface area (TPSA) is 88.2 Å². The number of hydrogen-bond donors (Lipinski definition) is 2. The fourth-order valence-corrected chi connectivity index (χ4v) is 3.98. The summed E-state index contributed by atoms with van der Waals surface area (Å²) in [7, 11) is -3.74. The maximum Gasteiger partial charge on any atom is 0.267 e. The van der Waals surface area contributed by atoms with Gasteiger partial charge in [-0.3, -0.25) is 9.52 Å². The number of nitrogens with zero attached hydrogens (tertiary/aromatic N) is 1. The first-order valence-electron chi connectivity index (χ1n) is 7.36. The van der Waals surface area contributed by atoms with Gasteiger partial charge in [-0.15, -0.1) is 11.3 Å². The Morgan fingerprint density at radius 3 is 2.28 bits per heavy atom. The van der Waals surface area contributed by atoms with Crippen LogP contribution >= 0.6 is 11.3 Å². The zero-order chi connectivity index (χ0) is 17.9. The van der Waals surface area contributed by atoms with E-state index in [0.29, 0.717) is 21.9 Å². The van der Waals surface area contributed by atoms with E-state index in [1.54, 1.807) is 54.9 Å². The lowest BCUT2D eigenvalue weighted by Gasteiger charge is -2.13. The highest BCUT2D eigenvalue weighted by atomic mass is 32.2. The summed E-state index contributed by atoms with van der Waals surface area (Å²) in [5.74, 6) is -0.327. The van der Waals surface area contributed by atoms with Crippen LogP contribution in [0, 0.1) is 6.92 Å². The minimum Gasteiger partial charge on any atom is -0.319 e. The molecule has 8 heteroatoms. The molecule has 0 aliphatic rings. The molecule has 25 heavy (non-hydrogen) atoms. The van der Waals surface area contributed by atoms with Crippen LogP contribution in [0.5, 0.6) is 0 Å². The molecule has 0 aliphatic carbocycles. The Morgan fingerprint density at radius 2 is 1.64 bits per heavy atom.